The zero-order chi connectivity index (χ0) is 14.4. The zero-order valence-electron chi connectivity index (χ0n) is 12.8. The van der Waals surface area contributed by atoms with Crippen molar-refractivity contribution in [2.45, 2.75) is 84.5 Å². The van der Waals surface area contributed by atoms with E-state index in [2.05, 4.69) is 6.92 Å². The lowest BCUT2D eigenvalue weighted by Crippen LogP contribution is -1.92. The molecule has 2 nitrogen and oxygen atoms in total. The van der Waals surface area contributed by atoms with Gasteiger partial charge < -0.3 is 4.52 Å². The van der Waals surface area contributed by atoms with Gasteiger partial charge in [0.25, 0.3) is 6.72 Å². The molecule has 0 heterocycles. The van der Waals surface area contributed by atoms with Crippen LogP contribution in [0.1, 0.15) is 84.5 Å². The van der Waals surface area contributed by atoms with Gasteiger partial charge in [-0.15, -0.1) is 0 Å². The van der Waals surface area contributed by atoms with Crippen molar-refractivity contribution >= 4 is 18.0 Å². The van der Waals surface area contributed by atoms with Gasteiger partial charge in [0.2, 0.25) is 0 Å². The molecule has 0 aromatic carbocycles. The molecule has 0 saturated carbocycles. The minimum atomic E-state index is -2.81. The topological polar surface area (TPSA) is 26.3 Å². The van der Waals surface area contributed by atoms with E-state index in [1.807, 2.05) is 6.92 Å². The van der Waals surface area contributed by atoms with Gasteiger partial charge in [0.1, 0.15) is 0 Å². The average Bonchev–Trinajstić information content (AvgIpc) is 2.38. The molecular weight excluding hydrogens is 279 g/mol. The molecule has 0 rings (SSSR count). The normalized spacial score (nSPS) is 14.5. The summed E-state index contributed by atoms with van der Waals surface area (Å²) in [5, 5.41) is 0. The highest BCUT2D eigenvalue weighted by atomic mass is 35.7. The lowest BCUT2D eigenvalue weighted by molar-refractivity contribution is 0.323. The van der Waals surface area contributed by atoms with Crippen molar-refractivity contribution in [1.82, 2.24) is 0 Å². The van der Waals surface area contributed by atoms with Crippen LogP contribution < -0.4 is 0 Å². The van der Waals surface area contributed by atoms with Crippen LogP contribution >= 0.6 is 18.0 Å². The first-order valence-electron chi connectivity index (χ1n) is 8.05. The SMILES string of the molecule is CCCCCCCCCCCCP(=O)(Cl)OCCC. The van der Waals surface area contributed by atoms with Crippen LogP contribution in [0.5, 0.6) is 0 Å². The Bertz CT molecular complexity index is 234. The molecule has 0 aliphatic heterocycles. The fourth-order valence-corrected chi connectivity index (χ4v) is 3.83. The van der Waals surface area contributed by atoms with Crippen molar-refractivity contribution in [1.29, 1.82) is 0 Å². The van der Waals surface area contributed by atoms with E-state index in [-0.39, 0.29) is 0 Å². The van der Waals surface area contributed by atoms with Crippen molar-refractivity contribution < 1.29 is 9.09 Å². The number of halogens is 1. The van der Waals surface area contributed by atoms with Gasteiger partial charge in [0.15, 0.2) is 0 Å². The van der Waals surface area contributed by atoms with Crippen molar-refractivity contribution in [2.75, 3.05) is 12.8 Å². The highest BCUT2D eigenvalue weighted by Gasteiger charge is 2.17. The Labute approximate surface area is 124 Å². The number of rotatable bonds is 14. The molecule has 19 heavy (non-hydrogen) atoms. The predicted octanol–water partition coefficient (Wildman–Crippen LogP) is 6.77. The molecule has 0 bridgehead atoms. The molecule has 0 spiro atoms. The van der Waals surface area contributed by atoms with Gasteiger partial charge >= 0.3 is 0 Å². The molecule has 0 aromatic rings. The first-order valence-corrected chi connectivity index (χ1v) is 10.8. The molecule has 0 amide bonds. The molecule has 1 atom stereocenters. The van der Waals surface area contributed by atoms with Crippen molar-refractivity contribution in [3.8, 4) is 0 Å². The number of hydrogen-bond acceptors (Lipinski definition) is 2. The lowest BCUT2D eigenvalue weighted by Gasteiger charge is -2.10. The fourth-order valence-electron chi connectivity index (χ4n) is 2.08. The van der Waals surface area contributed by atoms with E-state index in [9.17, 15) is 4.57 Å². The van der Waals surface area contributed by atoms with Crippen molar-refractivity contribution in [3.63, 3.8) is 0 Å². The van der Waals surface area contributed by atoms with E-state index in [4.69, 9.17) is 15.8 Å². The Kier molecular flexibility index (Phi) is 13.8. The molecule has 0 aliphatic carbocycles. The summed E-state index contributed by atoms with van der Waals surface area (Å²) in [7, 11) is 0. The Morgan fingerprint density at radius 2 is 1.26 bits per heavy atom. The van der Waals surface area contributed by atoms with Crippen LogP contribution in [-0.2, 0) is 9.09 Å². The van der Waals surface area contributed by atoms with Gasteiger partial charge in [0.05, 0.1) is 6.61 Å². The summed E-state index contributed by atoms with van der Waals surface area (Å²) >= 11 is 5.86. The second-order valence-electron chi connectivity index (χ2n) is 5.33. The molecule has 0 fully saturated rings. The van der Waals surface area contributed by atoms with E-state index in [1.54, 1.807) is 0 Å². The molecule has 0 radical (unpaired) electrons. The molecule has 0 saturated heterocycles. The molecule has 0 aliphatic rings. The second kappa shape index (κ2) is 13.5. The Balaban J connectivity index is 3.24. The highest BCUT2D eigenvalue weighted by molar-refractivity contribution is 7.85. The van der Waals surface area contributed by atoms with Gasteiger partial charge in [-0.25, -0.2) is 0 Å². The van der Waals surface area contributed by atoms with Gasteiger partial charge in [-0.1, -0.05) is 71.6 Å². The maximum Gasteiger partial charge on any atom is 0.290 e. The molecule has 116 valence electrons. The fraction of sp³-hybridized carbons (Fsp3) is 1.00. The Morgan fingerprint density at radius 3 is 1.74 bits per heavy atom. The van der Waals surface area contributed by atoms with Crippen molar-refractivity contribution in [3.05, 3.63) is 0 Å². The van der Waals surface area contributed by atoms with Crippen molar-refractivity contribution in [2.24, 2.45) is 0 Å². The summed E-state index contributed by atoms with van der Waals surface area (Å²) in [6.07, 6.45) is 14.2. The smallest absolute Gasteiger partial charge is 0.290 e. The predicted molar refractivity (Wildman–Crippen MR) is 86.4 cm³/mol. The molecular formula is C15H32ClO2P. The maximum atomic E-state index is 11.8. The molecule has 0 N–H and O–H groups in total. The standard InChI is InChI=1S/C15H32ClO2P/c1-3-5-6-7-8-9-10-11-12-13-15-19(16,17)18-14-4-2/h3-15H2,1-2H3. The zero-order valence-corrected chi connectivity index (χ0v) is 14.5. The summed E-state index contributed by atoms with van der Waals surface area (Å²) < 4.78 is 16.9. The van der Waals surface area contributed by atoms with E-state index in [1.165, 1.54) is 51.4 Å². The quantitative estimate of drug-likeness (QED) is 0.261. The van der Waals surface area contributed by atoms with Gasteiger partial charge in [-0.2, -0.15) is 0 Å². The van der Waals surface area contributed by atoms with E-state index in [0.29, 0.717) is 12.8 Å². The third kappa shape index (κ3) is 14.7. The van der Waals surface area contributed by atoms with E-state index >= 15 is 0 Å². The summed E-state index contributed by atoms with van der Waals surface area (Å²) in [6.45, 7) is 1.95. The Morgan fingerprint density at radius 1 is 0.789 bits per heavy atom. The average molecular weight is 311 g/mol. The van der Waals surface area contributed by atoms with Crippen LogP contribution in [0.15, 0.2) is 0 Å². The largest absolute Gasteiger partial charge is 0.318 e. The third-order valence-electron chi connectivity index (χ3n) is 3.27. The van der Waals surface area contributed by atoms with Gasteiger partial charge in [-0.05, 0) is 24.1 Å². The maximum absolute atomic E-state index is 11.8. The summed E-state index contributed by atoms with van der Waals surface area (Å²) in [6, 6.07) is 0. The van der Waals surface area contributed by atoms with Crippen LogP contribution in [0.4, 0.5) is 0 Å². The first-order chi connectivity index (χ1) is 9.12. The van der Waals surface area contributed by atoms with E-state index in [0.717, 1.165) is 19.3 Å². The van der Waals surface area contributed by atoms with Crippen LogP contribution in [0.2, 0.25) is 0 Å². The van der Waals surface area contributed by atoms with E-state index < -0.39 is 6.72 Å². The summed E-state index contributed by atoms with van der Waals surface area (Å²) in [5.41, 5.74) is 0. The van der Waals surface area contributed by atoms with Crippen LogP contribution in [0.3, 0.4) is 0 Å². The summed E-state index contributed by atoms with van der Waals surface area (Å²) in [4.78, 5) is 0. The van der Waals surface area contributed by atoms with Gasteiger partial charge in [0, 0.05) is 6.16 Å². The summed E-state index contributed by atoms with van der Waals surface area (Å²) in [5.74, 6) is 0. The van der Waals surface area contributed by atoms with Crippen LogP contribution in [0.25, 0.3) is 0 Å². The first kappa shape index (κ1) is 19.5. The lowest BCUT2D eigenvalue weighted by atomic mass is 10.1. The minimum Gasteiger partial charge on any atom is -0.318 e. The number of unbranched alkanes of at least 4 members (excludes halogenated alkanes) is 9. The third-order valence-corrected chi connectivity index (χ3v) is 5.49. The second-order valence-corrected chi connectivity index (χ2v) is 8.76. The number of hydrogen-bond donors (Lipinski definition) is 0. The highest BCUT2D eigenvalue weighted by Crippen LogP contribution is 2.53. The van der Waals surface area contributed by atoms with Crippen LogP contribution in [-0.4, -0.2) is 12.8 Å². The molecule has 4 heteroatoms. The monoisotopic (exact) mass is 310 g/mol. The minimum absolute atomic E-state index is 0.512. The Hall–Kier alpha value is 0.480. The van der Waals surface area contributed by atoms with Gasteiger partial charge in [-0.3, -0.25) is 4.57 Å². The van der Waals surface area contributed by atoms with Crippen LogP contribution in [0, 0.1) is 0 Å². The molecule has 0 aromatic heterocycles. The molecule has 1 unspecified atom stereocenters.